The quantitative estimate of drug-likeness (QED) is 0.894. The van der Waals surface area contributed by atoms with Crippen molar-refractivity contribution in [3.63, 3.8) is 0 Å². The maximum absolute atomic E-state index is 12.3. The molecule has 6 nitrogen and oxygen atoms in total. The number of anilines is 1. The second-order valence-electron chi connectivity index (χ2n) is 5.30. The van der Waals surface area contributed by atoms with E-state index in [1.54, 1.807) is 17.1 Å². The van der Waals surface area contributed by atoms with E-state index in [1.165, 1.54) is 0 Å². The summed E-state index contributed by atoms with van der Waals surface area (Å²) < 4.78 is 1.67. The van der Waals surface area contributed by atoms with Crippen molar-refractivity contribution in [2.75, 3.05) is 18.4 Å². The van der Waals surface area contributed by atoms with E-state index in [0.717, 1.165) is 25.3 Å². The molecule has 0 aromatic carbocycles. The molecule has 0 bridgehead atoms. The molecule has 0 saturated carbocycles. The van der Waals surface area contributed by atoms with Gasteiger partial charge in [-0.3, -0.25) is 4.79 Å². The summed E-state index contributed by atoms with van der Waals surface area (Å²) in [7, 11) is 0. The normalized spacial score (nSPS) is 19.9. The summed E-state index contributed by atoms with van der Waals surface area (Å²) in [5.41, 5.74) is 0.375. The third-order valence-electron chi connectivity index (χ3n) is 3.66. The minimum Gasteiger partial charge on any atom is -0.324 e. The molecule has 1 atom stereocenters. The van der Waals surface area contributed by atoms with E-state index in [2.05, 4.69) is 20.7 Å². The van der Waals surface area contributed by atoms with Gasteiger partial charge in [-0.25, -0.2) is 9.67 Å². The zero-order valence-electron chi connectivity index (χ0n) is 12.2. The average Bonchev–Trinajstić information content (AvgIpc) is 3.11. The van der Waals surface area contributed by atoms with E-state index >= 15 is 0 Å². The molecule has 1 aliphatic rings. The van der Waals surface area contributed by atoms with E-state index in [-0.39, 0.29) is 36.1 Å². The van der Waals surface area contributed by atoms with Crippen molar-refractivity contribution in [1.82, 2.24) is 20.1 Å². The Kier molecular flexibility index (Phi) is 6.34. The van der Waals surface area contributed by atoms with Crippen molar-refractivity contribution in [2.45, 2.75) is 13.3 Å². The Morgan fingerprint density at radius 1 is 1.41 bits per heavy atom. The Hall–Kier alpha value is -1.63. The molecule has 3 rings (SSSR count). The summed E-state index contributed by atoms with van der Waals surface area (Å²) in [5, 5.41) is 10.3. The van der Waals surface area contributed by atoms with Crippen LogP contribution in [0.1, 0.15) is 13.3 Å². The molecular formula is C14H19Cl2N5O. The zero-order valence-corrected chi connectivity index (χ0v) is 13.8. The van der Waals surface area contributed by atoms with E-state index in [4.69, 9.17) is 0 Å². The summed E-state index contributed by atoms with van der Waals surface area (Å²) in [5.74, 6) is 0.762. The molecule has 0 radical (unpaired) electrons. The summed E-state index contributed by atoms with van der Waals surface area (Å²) >= 11 is 0. The van der Waals surface area contributed by atoms with Gasteiger partial charge in [-0.05, 0) is 38.1 Å². The summed E-state index contributed by atoms with van der Waals surface area (Å²) in [6, 6.07) is 5.51. The van der Waals surface area contributed by atoms with E-state index in [9.17, 15) is 4.79 Å². The number of nitrogens with zero attached hydrogens (tertiary/aromatic N) is 3. The highest BCUT2D eigenvalue weighted by Crippen LogP contribution is 2.26. The fourth-order valence-corrected chi connectivity index (χ4v) is 2.29. The van der Waals surface area contributed by atoms with Crippen molar-refractivity contribution in [3.05, 3.63) is 36.8 Å². The lowest BCUT2D eigenvalue weighted by Crippen LogP contribution is -2.35. The molecule has 22 heavy (non-hydrogen) atoms. The van der Waals surface area contributed by atoms with Gasteiger partial charge in [0.15, 0.2) is 5.82 Å². The van der Waals surface area contributed by atoms with Crippen LogP contribution < -0.4 is 10.6 Å². The Morgan fingerprint density at radius 3 is 2.77 bits per heavy atom. The van der Waals surface area contributed by atoms with Crippen LogP contribution in [0, 0.1) is 5.41 Å². The predicted octanol–water partition coefficient (Wildman–Crippen LogP) is 2.05. The van der Waals surface area contributed by atoms with Gasteiger partial charge in [0.1, 0.15) is 0 Å². The predicted molar refractivity (Wildman–Crippen MR) is 90.1 cm³/mol. The largest absolute Gasteiger partial charge is 0.324 e. The highest BCUT2D eigenvalue weighted by molar-refractivity contribution is 5.95. The smallest absolute Gasteiger partial charge is 0.231 e. The van der Waals surface area contributed by atoms with Crippen molar-refractivity contribution in [3.8, 4) is 5.82 Å². The lowest BCUT2D eigenvalue weighted by Gasteiger charge is -2.21. The second kappa shape index (κ2) is 7.58. The number of nitrogens with one attached hydrogen (secondary N) is 2. The monoisotopic (exact) mass is 343 g/mol. The lowest BCUT2D eigenvalue weighted by molar-refractivity contribution is -0.123. The topological polar surface area (TPSA) is 71.8 Å². The highest BCUT2D eigenvalue weighted by Gasteiger charge is 2.36. The van der Waals surface area contributed by atoms with E-state index < -0.39 is 0 Å². The number of carbonyl (C=O) groups is 1. The van der Waals surface area contributed by atoms with E-state index in [0.29, 0.717) is 5.69 Å². The van der Waals surface area contributed by atoms with Crippen molar-refractivity contribution >= 4 is 36.4 Å². The van der Waals surface area contributed by atoms with E-state index in [1.807, 2.05) is 31.3 Å². The van der Waals surface area contributed by atoms with Gasteiger partial charge >= 0.3 is 0 Å². The van der Waals surface area contributed by atoms with Gasteiger partial charge < -0.3 is 10.6 Å². The Bertz CT molecular complexity index is 594. The molecule has 1 unspecified atom stereocenters. The van der Waals surface area contributed by atoms with Gasteiger partial charge in [0.05, 0.1) is 17.3 Å². The summed E-state index contributed by atoms with van der Waals surface area (Å²) in [6.45, 7) is 3.59. The molecule has 3 heterocycles. The molecule has 1 aliphatic heterocycles. The maximum atomic E-state index is 12.3. The number of halogens is 2. The Balaban J connectivity index is 0.00000121. The first-order valence-electron chi connectivity index (χ1n) is 6.66. The zero-order chi connectivity index (χ0) is 14.0. The van der Waals surface area contributed by atoms with Crippen LogP contribution in [-0.2, 0) is 4.79 Å². The fourth-order valence-electron chi connectivity index (χ4n) is 2.29. The van der Waals surface area contributed by atoms with Gasteiger partial charge in [0, 0.05) is 18.9 Å². The van der Waals surface area contributed by atoms with Crippen LogP contribution in [0.15, 0.2) is 36.8 Å². The molecule has 120 valence electrons. The first-order chi connectivity index (χ1) is 9.67. The maximum Gasteiger partial charge on any atom is 0.231 e. The number of hydrogen-bond acceptors (Lipinski definition) is 4. The molecule has 2 aromatic rings. The van der Waals surface area contributed by atoms with Gasteiger partial charge in [0.2, 0.25) is 5.91 Å². The number of amides is 1. The minimum absolute atomic E-state index is 0. The molecule has 2 N–H and O–H groups in total. The van der Waals surface area contributed by atoms with Crippen molar-refractivity contribution < 1.29 is 4.79 Å². The van der Waals surface area contributed by atoms with Crippen LogP contribution in [-0.4, -0.2) is 33.8 Å². The summed E-state index contributed by atoms with van der Waals surface area (Å²) in [6.07, 6.45) is 6.04. The molecule has 0 aliphatic carbocycles. The number of rotatable bonds is 3. The van der Waals surface area contributed by atoms with Crippen LogP contribution in [0.5, 0.6) is 0 Å². The first kappa shape index (κ1) is 18.4. The van der Waals surface area contributed by atoms with Crippen LogP contribution in [0.4, 0.5) is 5.69 Å². The van der Waals surface area contributed by atoms with Crippen LogP contribution >= 0.6 is 24.8 Å². The van der Waals surface area contributed by atoms with Crippen molar-refractivity contribution in [2.24, 2.45) is 5.41 Å². The Labute approximate surface area is 141 Å². The van der Waals surface area contributed by atoms with Crippen molar-refractivity contribution in [1.29, 1.82) is 0 Å². The lowest BCUT2D eigenvalue weighted by atomic mass is 9.89. The number of hydrogen-bond donors (Lipinski definition) is 2. The van der Waals surface area contributed by atoms with Gasteiger partial charge in [-0.2, -0.15) is 5.10 Å². The van der Waals surface area contributed by atoms with Crippen LogP contribution in [0.2, 0.25) is 0 Å². The third kappa shape index (κ3) is 3.76. The molecule has 1 saturated heterocycles. The SMILES string of the molecule is CC1(C(=O)Nc2ccc(-n3cccn3)nc2)CCNC1.Cl.Cl. The minimum atomic E-state index is -0.333. The second-order valence-corrected chi connectivity index (χ2v) is 5.30. The van der Waals surface area contributed by atoms with Gasteiger partial charge in [-0.1, -0.05) is 0 Å². The summed E-state index contributed by atoms with van der Waals surface area (Å²) in [4.78, 5) is 16.5. The molecule has 8 heteroatoms. The van der Waals surface area contributed by atoms with Crippen LogP contribution in [0.25, 0.3) is 5.82 Å². The molecule has 1 amide bonds. The number of pyridine rings is 1. The molecule has 2 aromatic heterocycles. The third-order valence-corrected chi connectivity index (χ3v) is 3.66. The Morgan fingerprint density at radius 2 is 2.23 bits per heavy atom. The van der Waals surface area contributed by atoms with Gasteiger partial charge in [0.25, 0.3) is 0 Å². The first-order valence-corrected chi connectivity index (χ1v) is 6.66. The molecular weight excluding hydrogens is 325 g/mol. The highest BCUT2D eigenvalue weighted by atomic mass is 35.5. The standard InChI is InChI=1S/C14H17N5O.2ClH/c1-14(5-7-15-10-14)13(20)18-11-3-4-12(16-9-11)19-8-2-6-17-19;;/h2-4,6,8-9,15H,5,7,10H2,1H3,(H,18,20);2*1H. The fraction of sp³-hybridized carbons (Fsp3) is 0.357. The van der Waals surface area contributed by atoms with Crippen LogP contribution in [0.3, 0.4) is 0 Å². The molecule has 0 spiro atoms. The van der Waals surface area contributed by atoms with Gasteiger partial charge in [-0.15, -0.1) is 24.8 Å². The molecule has 1 fully saturated rings. The average molecular weight is 344 g/mol. The number of aromatic nitrogens is 3. The number of carbonyl (C=O) groups excluding carboxylic acids is 1.